The number of pyridine rings is 1. The zero-order valence-corrected chi connectivity index (χ0v) is 16.1. The van der Waals surface area contributed by atoms with Gasteiger partial charge in [-0.05, 0) is 38.0 Å². The van der Waals surface area contributed by atoms with Gasteiger partial charge in [-0.1, -0.05) is 12.5 Å². The molecule has 1 fully saturated rings. The van der Waals surface area contributed by atoms with Crippen molar-refractivity contribution >= 4 is 17.6 Å². The van der Waals surface area contributed by atoms with Crippen LogP contribution in [-0.2, 0) is 29.2 Å². The Morgan fingerprint density at radius 3 is 2.86 bits per heavy atom. The molecular weight excluding hydrogens is 356 g/mol. The third-order valence-electron chi connectivity index (χ3n) is 5.64. The van der Waals surface area contributed by atoms with E-state index in [-0.39, 0.29) is 23.8 Å². The minimum Gasteiger partial charge on any atom is -0.350 e. The fourth-order valence-corrected chi connectivity index (χ4v) is 3.59. The van der Waals surface area contributed by atoms with Crippen LogP contribution in [0.5, 0.6) is 0 Å². The van der Waals surface area contributed by atoms with Gasteiger partial charge in [0, 0.05) is 25.2 Å². The summed E-state index contributed by atoms with van der Waals surface area (Å²) in [5, 5.41) is 10.4. The number of hydrogen-bond acceptors (Lipinski definition) is 5. The molecule has 2 aromatic rings. The molecule has 2 N–H and O–H groups in total. The van der Waals surface area contributed by atoms with Crippen molar-refractivity contribution in [3.8, 4) is 0 Å². The van der Waals surface area contributed by atoms with E-state index < -0.39 is 0 Å². The van der Waals surface area contributed by atoms with Crippen molar-refractivity contribution in [2.45, 2.75) is 51.9 Å². The van der Waals surface area contributed by atoms with Gasteiger partial charge in [0.2, 0.25) is 11.8 Å². The number of anilines is 1. The Hall–Kier alpha value is -2.74. The van der Waals surface area contributed by atoms with Crippen LogP contribution in [0.2, 0.25) is 0 Å². The summed E-state index contributed by atoms with van der Waals surface area (Å²) in [4.78, 5) is 30.8. The zero-order chi connectivity index (χ0) is 19.5. The molecule has 1 atom stereocenters. The van der Waals surface area contributed by atoms with E-state index in [0.717, 1.165) is 43.7 Å². The van der Waals surface area contributed by atoms with Crippen molar-refractivity contribution in [1.29, 1.82) is 0 Å². The summed E-state index contributed by atoms with van der Waals surface area (Å²) >= 11 is 0. The fraction of sp³-hybridized carbons (Fsp3) is 0.500. The Kier molecular flexibility index (Phi) is 5.38. The van der Waals surface area contributed by atoms with Crippen LogP contribution in [0.15, 0.2) is 30.5 Å². The molecule has 1 aliphatic carbocycles. The number of carbonyl (C=O) groups excluding carboxylic acids is 2. The molecule has 0 unspecified atom stereocenters. The van der Waals surface area contributed by atoms with Crippen molar-refractivity contribution in [3.05, 3.63) is 41.9 Å². The highest BCUT2D eigenvalue weighted by Gasteiger charge is 2.28. The molecule has 8 heteroatoms. The van der Waals surface area contributed by atoms with Crippen LogP contribution in [0.1, 0.15) is 37.6 Å². The molecule has 8 nitrogen and oxygen atoms in total. The van der Waals surface area contributed by atoms with E-state index in [9.17, 15) is 9.59 Å². The Labute approximate surface area is 164 Å². The molecular formula is C20H26N6O2. The number of carbonyl (C=O) groups is 2. The SMILES string of the molecule is C[C@@H](C(=O)Nc1ccccn1)N1CCn2nc(CNC(=O)C3CCC3)cc2C1. The van der Waals surface area contributed by atoms with E-state index in [4.69, 9.17) is 0 Å². The number of fused-ring (bicyclic) bond motifs is 1. The first-order chi connectivity index (χ1) is 13.6. The number of hydrogen-bond donors (Lipinski definition) is 2. The molecule has 3 heterocycles. The van der Waals surface area contributed by atoms with Gasteiger partial charge < -0.3 is 10.6 Å². The number of rotatable bonds is 6. The molecule has 148 valence electrons. The lowest BCUT2D eigenvalue weighted by Gasteiger charge is -2.31. The third-order valence-corrected chi connectivity index (χ3v) is 5.64. The van der Waals surface area contributed by atoms with Crippen LogP contribution >= 0.6 is 0 Å². The standard InChI is InChI=1S/C20H26N6O2/c1-14(19(27)23-18-7-2-3-8-21-18)25-9-10-26-17(13-25)11-16(24-26)12-22-20(28)15-5-4-6-15/h2-3,7-8,11,14-15H,4-6,9-10,12-13H2,1H3,(H,22,28)(H,21,23,27)/t14-/m0/s1. The number of aromatic nitrogens is 3. The summed E-state index contributed by atoms with van der Waals surface area (Å²) in [7, 11) is 0. The lowest BCUT2D eigenvalue weighted by Crippen LogP contribution is -2.45. The van der Waals surface area contributed by atoms with E-state index in [1.54, 1.807) is 12.3 Å². The van der Waals surface area contributed by atoms with Crippen LogP contribution in [-0.4, -0.2) is 44.1 Å². The predicted molar refractivity (Wildman–Crippen MR) is 104 cm³/mol. The zero-order valence-electron chi connectivity index (χ0n) is 16.1. The minimum atomic E-state index is -0.271. The maximum atomic E-state index is 12.5. The van der Waals surface area contributed by atoms with E-state index >= 15 is 0 Å². The molecule has 1 aliphatic heterocycles. The molecule has 2 amide bonds. The summed E-state index contributed by atoms with van der Waals surface area (Å²) in [6.45, 7) is 4.50. The second kappa shape index (κ2) is 8.10. The Bertz CT molecular complexity index is 846. The first-order valence-electron chi connectivity index (χ1n) is 9.89. The van der Waals surface area contributed by atoms with Crippen molar-refractivity contribution in [3.63, 3.8) is 0 Å². The van der Waals surface area contributed by atoms with E-state index in [2.05, 4.69) is 25.6 Å². The van der Waals surface area contributed by atoms with Crippen molar-refractivity contribution in [1.82, 2.24) is 25.0 Å². The van der Waals surface area contributed by atoms with Crippen molar-refractivity contribution in [2.24, 2.45) is 5.92 Å². The van der Waals surface area contributed by atoms with Gasteiger partial charge in [0.05, 0.1) is 30.5 Å². The highest BCUT2D eigenvalue weighted by Crippen LogP contribution is 2.26. The molecule has 0 radical (unpaired) electrons. The molecule has 2 aromatic heterocycles. The minimum absolute atomic E-state index is 0.0698. The molecule has 1 saturated carbocycles. The second-order valence-corrected chi connectivity index (χ2v) is 7.55. The molecule has 2 aliphatic rings. The summed E-state index contributed by atoms with van der Waals surface area (Å²) < 4.78 is 1.98. The molecule has 0 aromatic carbocycles. The molecule has 0 spiro atoms. The fourth-order valence-electron chi connectivity index (χ4n) is 3.59. The largest absolute Gasteiger partial charge is 0.350 e. The van der Waals surface area contributed by atoms with Gasteiger partial charge in [-0.2, -0.15) is 5.10 Å². The Balaban J connectivity index is 1.33. The van der Waals surface area contributed by atoms with Crippen LogP contribution in [0.3, 0.4) is 0 Å². The van der Waals surface area contributed by atoms with Gasteiger partial charge in [0.15, 0.2) is 0 Å². The lowest BCUT2D eigenvalue weighted by atomic mass is 9.85. The van der Waals surface area contributed by atoms with E-state index in [1.165, 1.54) is 0 Å². The summed E-state index contributed by atoms with van der Waals surface area (Å²) in [6.07, 6.45) is 4.81. The average Bonchev–Trinajstić information content (AvgIpc) is 3.07. The quantitative estimate of drug-likeness (QED) is 0.791. The monoisotopic (exact) mass is 382 g/mol. The van der Waals surface area contributed by atoms with Crippen LogP contribution < -0.4 is 10.6 Å². The molecule has 0 bridgehead atoms. The first-order valence-corrected chi connectivity index (χ1v) is 9.89. The molecule has 28 heavy (non-hydrogen) atoms. The maximum absolute atomic E-state index is 12.5. The Morgan fingerprint density at radius 1 is 1.29 bits per heavy atom. The van der Waals surface area contributed by atoms with Crippen LogP contribution in [0.25, 0.3) is 0 Å². The third kappa shape index (κ3) is 4.06. The predicted octanol–water partition coefficient (Wildman–Crippen LogP) is 1.54. The molecule has 4 rings (SSSR count). The van der Waals surface area contributed by atoms with Crippen LogP contribution in [0.4, 0.5) is 5.82 Å². The number of nitrogens with one attached hydrogen (secondary N) is 2. The Morgan fingerprint density at radius 2 is 2.14 bits per heavy atom. The topological polar surface area (TPSA) is 92.2 Å². The van der Waals surface area contributed by atoms with Crippen molar-refractivity contribution in [2.75, 3.05) is 11.9 Å². The highest BCUT2D eigenvalue weighted by molar-refractivity contribution is 5.93. The van der Waals surface area contributed by atoms with Gasteiger partial charge >= 0.3 is 0 Å². The van der Waals surface area contributed by atoms with Gasteiger partial charge in [-0.15, -0.1) is 0 Å². The van der Waals surface area contributed by atoms with Crippen molar-refractivity contribution < 1.29 is 9.59 Å². The molecule has 0 saturated heterocycles. The maximum Gasteiger partial charge on any atom is 0.242 e. The van der Waals surface area contributed by atoms with E-state index in [0.29, 0.717) is 18.9 Å². The summed E-state index contributed by atoms with van der Waals surface area (Å²) in [6, 6.07) is 7.19. The van der Waals surface area contributed by atoms with Crippen LogP contribution in [0, 0.1) is 5.92 Å². The van der Waals surface area contributed by atoms with Gasteiger partial charge in [-0.25, -0.2) is 4.98 Å². The van der Waals surface area contributed by atoms with Gasteiger partial charge in [-0.3, -0.25) is 19.2 Å². The second-order valence-electron chi connectivity index (χ2n) is 7.55. The van der Waals surface area contributed by atoms with E-state index in [1.807, 2.05) is 29.8 Å². The number of nitrogens with zero attached hydrogens (tertiary/aromatic N) is 4. The lowest BCUT2D eigenvalue weighted by molar-refractivity contribution is -0.127. The average molecular weight is 382 g/mol. The normalized spacial score (nSPS) is 18.0. The summed E-state index contributed by atoms with van der Waals surface area (Å²) in [5.41, 5.74) is 1.94. The highest BCUT2D eigenvalue weighted by atomic mass is 16.2. The number of amides is 2. The smallest absolute Gasteiger partial charge is 0.242 e. The first kappa shape index (κ1) is 18.6. The van der Waals surface area contributed by atoms with Gasteiger partial charge in [0.25, 0.3) is 0 Å². The summed E-state index contributed by atoms with van der Waals surface area (Å²) in [5.74, 6) is 0.815. The van der Waals surface area contributed by atoms with Gasteiger partial charge in [0.1, 0.15) is 5.82 Å².